The van der Waals surface area contributed by atoms with Crippen molar-refractivity contribution in [2.75, 3.05) is 5.32 Å². The van der Waals surface area contributed by atoms with Crippen LogP contribution >= 0.6 is 11.6 Å². The molecule has 3 rings (SSSR count). The molecule has 2 aromatic heterocycles. The van der Waals surface area contributed by atoms with Gasteiger partial charge in [-0.15, -0.1) is 0 Å². The predicted molar refractivity (Wildman–Crippen MR) is 70.5 cm³/mol. The lowest BCUT2D eigenvalue weighted by Crippen LogP contribution is -2.03. The van der Waals surface area contributed by atoms with Gasteiger partial charge in [0.25, 0.3) is 0 Å². The first kappa shape index (κ1) is 11.0. The second-order valence-corrected chi connectivity index (χ2v) is 4.10. The molecule has 18 heavy (non-hydrogen) atoms. The first-order valence-corrected chi connectivity index (χ1v) is 5.85. The highest BCUT2D eigenvalue weighted by molar-refractivity contribution is 6.28. The van der Waals surface area contributed by atoms with Gasteiger partial charge in [0.2, 0.25) is 5.28 Å². The zero-order valence-electron chi connectivity index (χ0n) is 9.39. The number of aromatic amines is 1. The molecule has 0 saturated heterocycles. The van der Waals surface area contributed by atoms with Crippen LogP contribution in [0.1, 0.15) is 5.82 Å². The van der Waals surface area contributed by atoms with Crippen LogP contribution in [0.5, 0.6) is 0 Å². The zero-order chi connectivity index (χ0) is 12.4. The minimum absolute atomic E-state index is 0.226. The highest BCUT2D eigenvalue weighted by Crippen LogP contribution is 2.12. The third-order valence-electron chi connectivity index (χ3n) is 2.50. The molecule has 0 saturated carbocycles. The van der Waals surface area contributed by atoms with Crippen LogP contribution in [0, 0.1) is 0 Å². The lowest BCUT2D eigenvalue weighted by Gasteiger charge is -2.02. The number of imidazole rings is 1. The van der Waals surface area contributed by atoms with Crippen molar-refractivity contribution < 1.29 is 0 Å². The molecule has 0 spiro atoms. The summed E-state index contributed by atoms with van der Waals surface area (Å²) in [5, 5.41) is 3.36. The number of para-hydroxylation sites is 2. The van der Waals surface area contributed by atoms with Crippen LogP contribution in [0.2, 0.25) is 5.28 Å². The number of anilines is 1. The van der Waals surface area contributed by atoms with Crippen LogP contribution < -0.4 is 5.32 Å². The maximum Gasteiger partial charge on any atom is 0.224 e. The van der Waals surface area contributed by atoms with Gasteiger partial charge in [-0.25, -0.2) is 15.0 Å². The largest absolute Gasteiger partial charge is 0.363 e. The summed E-state index contributed by atoms with van der Waals surface area (Å²) in [6.07, 6.45) is 1.61. The molecule has 1 aromatic carbocycles. The molecule has 0 fully saturated rings. The van der Waals surface area contributed by atoms with E-state index >= 15 is 0 Å². The molecular weight excluding hydrogens is 250 g/mol. The van der Waals surface area contributed by atoms with E-state index in [9.17, 15) is 0 Å². The molecule has 5 nitrogen and oxygen atoms in total. The molecular formula is C12H10ClN5. The minimum Gasteiger partial charge on any atom is -0.363 e. The van der Waals surface area contributed by atoms with Gasteiger partial charge in [-0.1, -0.05) is 12.1 Å². The minimum atomic E-state index is 0.226. The lowest BCUT2D eigenvalue weighted by molar-refractivity contribution is 0.991. The van der Waals surface area contributed by atoms with Gasteiger partial charge in [-0.05, 0) is 29.8 Å². The van der Waals surface area contributed by atoms with E-state index < -0.39 is 0 Å². The topological polar surface area (TPSA) is 66.5 Å². The van der Waals surface area contributed by atoms with Crippen LogP contribution in [0.25, 0.3) is 11.0 Å². The van der Waals surface area contributed by atoms with E-state index in [1.54, 1.807) is 12.3 Å². The number of halogens is 1. The van der Waals surface area contributed by atoms with E-state index in [-0.39, 0.29) is 5.28 Å². The van der Waals surface area contributed by atoms with Crippen LogP contribution in [0.3, 0.4) is 0 Å². The summed E-state index contributed by atoms with van der Waals surface area (Å²) in [6, 6.07) is 9.66. The number of fused-ring (bicyclic) bond motifs is 1. The Morgan fingerprint density at radius 2 is 2.06 bits per heavy atom. The Hall–Kier alpha value is -2.14. The molecule has 0 aliphatic rings. The van der Waals surface area contributed by atoms with Crippen molar-refractivity contribution in [2.24, 2.45) is 0 Å². The summed E-state index contributed by atoms with van der Waals surface area (Å²) in [5.74, 6) is 1.53. The fourth-order valence-corrected chi connectivity index (χ4v) is 1.84. The highest BCUT2D eigenvalue weighted by atomic mass is 35.5. The molecule has 2 heterocycles. The number of hydrogen-bond donors (Lipinski definition) is 2. The Morgan fingerprint density at radius 1 is 1.17 bits per heavy atom. The smallest absolute Gasteiger partial charge is 0.224 e. The molecule has 0 amide bonds. The number of aromatic nitrogens is 4. The van der Waals surface area contributed by atoms with Crippen molar-refractivity contribution >= 4 is 28.5 Å². The fraction of sp³-hybridized carbons (Fsp3) is 0.0833. The van der Waals surface area contributed by atoms with Gasteiger partial charge in [0.05, 0.1) is 17.6 Å². The van der Waals surface area contributed by atoms with Crippen molar-refractivity contribution in [3.05, 3.63) is 47.6 Å². The number of benzene rings is 1. The maximum absolute atomic E-state index is 5.71. The van der Waals surface area contributed by atoms with Crippen LogP contribution in [-0.4, -0.2) is 19.9 Å². The van der Waals surface area contributed by atoms with E-state index in [0.717, 1.165) is 16.9 Å². The first-order chi connectivity index (χ1) is 8.81. The molecule has 0 atom stereocenters. The predicted octanol–water partition coefficient (Wildman–Crippen LogP) is 2.62. The van der Waals surface area contributed by atoms with Crippen molar-refractivity contribution in [1.82, 2.24) is 19.9 Å². The zero-order valence-corrected chi connectivity index (χ0v) is 10.1. The second kappa shape index (κ2) is 4.62. The highest BCUT2D eigenvalue weighted by Gasteiger charge is 2.02. The van der Waals surface area contributed by atoms with Gasteiger partial charge in [-0.2, -0.15) is 0 Å². The van der Waals surface area contributed by atoms with E-state index in [0.29, 0.717) is 12.4 Å². The normalized spacial score (nSPS) is 10.7. The third-order valence-corrected chi connectivity index (χ3v) is 2.68. The van der Waals surface area contributed by atoms with E-state index in [1.165, 1.54) is 0 Å². The van der Waals surface area contributed by atoms with Crippen LogP contribution in [-0.2, 0) is 6.54 Å². The third kappa shape index (κ3) is 2.26. The molecule has 6 heteroatoms. The van der Waals surface area contributed by atoms with Gasteiger partial charge >= 0.3 is 0 Å². The Bertz CT molecular complexity index is 646. The van der Waals surface area contributed by atoms with Gasteiger partial charge in [-0.3, -0.25) is 0 Å². The van der Waals surface area contributed by atoms with Gasteiger partial charge < -0.3 is 10.3 Å². The quantitative estimate of drug-likeness (QED) is 0.710. The number of rotatable bonds is 3. The van der Waals surface area contributed by atoms with Crippen LogP contribution in [0.15, 0.2) is 36.5 Å². The number of nitrogens with zero attached hydrogens (tertiary/aromatic N) is 3. The molecule has 3 aromatic rings. The molecule has 0 aliphatic heterocycles. The van der Waals surface area contributed by atoms with E-state index in [2.05, 4.69) is 25.3 Å². The van der Waals surface area contributed by atoms with Gasteiger partial charge in [0.1, 0.15) is 11.6 Å². The molecule has 0 aliphatic carbocycles. The second-order valence-electron chi connectivity index (χ2n) is 3.77. The van der Waals surface area contributed by atoms with E-state index in [4.69, 9.17) is 11.6 Å². The van der Waals surface area contributed by atoms with Gasteiger partial charge in [0.15, 0.2) is 0 Å². The standard InChI is InChI=1S/C12H10ClN5/c13-12-14-6-5-10(18-12)15-7-11-16-8-3-1-2-4-9(8)17-11/h1-6H,7H2,(H,16,17)(H,14,15,18). The number of nitrogens with one attached hydrogen (secondary N) is 2. The summed E-state index contributed by atoms with van der Waals surface area (Å²) in [6.45, 7) is 0.558. The molecule has 0 radical (unpaired) electrons. The Labute approximate surface area is 108 Å². The summed E-state index contributed by atoms with van der Waals surface area (Å²) in [4.78, 5) is 15.6. The first-order valence-electron chi connectivity index (χ1n) is 5.47. The molecule has 0 bridgehead atoms. The van der Waals surface area contributed by atoms with Crippen molar-refractivity contribution in [2.45, 2.75) is 6.54 Å². The van der Waals surface area contributed by atoms with Crippen molar-refractivity contribution in [1.29, 1.82) is 0 Å². The Morgan fingerprint density at radius 3 is 2.89 bits per heavy atom. The number of H-pyrrole nitrogens is 1. The molecule has 0 unspecified atom stereocenters. The van der Waals surface area contributed by atoms with Crippen LogP contribution in [0.4, 0.5) is 5.82 Å². The monoisotopic (exact) mass is 259 g/mol. The van der Waals surface area contributed by atoms with E-state index in [1.807, 2.05) is 24.3 Å². The summed E-state index contributed by atoms with van der Waals surface area (Å²) in [5.41, 5.74) is 1.98. The lowest BCUT2D eigenvalue weighted by atomic mass is 10.3. The molecule has 90 valence electrons. The summed E-state index contributed by atoms with van der Waals surface area (Å²) < 4.78 is 0. The van der Waals surface area contributed by atoms with Gasteiger partial charge in [0, 0.05) is 6.20 Å². The number of hydrogen-bond acceptors (Lipinski definition) is 4. The summed E-state index contributed by atoms with van der Waals surface area (Å²) >= 11 is 5.71. The Kier molecular flexibility index (Phi) is 2.82. The average molecular weight is 260 g/mol. The fourth-order valence-electron chi connectivity index (χ4n) is 1.70. The van der Waals surface area contributed by atoms with Crippen molar-refractivity contribution in [3.63, 3.8) is 0 Å². The average Bonchev–Trinajstić information content (AvgIpc) is 2.79. The SMILES string of the molecule is Clc1nccc(NCc2nc3ccccc3[nH]2)n1. The molecule has 2 N–H and O–H groups in total. The summed E-state index contributed by atoms with van der Waals surface area (Å²) in [7, 11) is 0. The Balaban J connectivity index is 1.76. The van der Waals surface area contributed by atoms with Crippen molar-refractivity contribution in [3.8, 4) is 0 Å². The maximum atomic E-state index is 5.71.